The molecule has 1 fully saturated rings. The lowest BCUT2D eigenvalue weighted by molar-refractivity contribution is 0.0683. The van der Waals surface area contributed by atoms with Crippen molar-refractivity contribution in [2.24, 2.45) is 5.92 Å². The molecule has 1 atom stereocenters. The number of amides is 1. The van der Waals surface area contributed by atoms with Gasteiger partial charge in [-0.25, -0.2) is 0 Å². The summed E-state index contributed by atoms with van der Waals surface area (Å²) >= 11 is 0. The number of aryl methyl sites for hydroxylation is 2. The lowest BCUT2D eigenvalue weighted by Gasteiger charge is -2.31. The number of benzene rings is 1. The number of hydrogen-bond acceptors (Lipinski definition) is 5. The van der Waals surface area contributed by atoms with Crippen LogP contribution in [0.25, 0.3) is 0 Å². The molecular weight excluding hydrogens is 304 g/mol. The van der Waals surface area contributed by atoms with Crippen molar-refractivity contribution in [3.05, 3.63) is 41.0 Å². The number of anilines is 1. The first kappa shape index (κ1) is 16.5. The van der Waals surface area contributed by atoms with Crippen molar-refractivity contribution >= 4 is 11.6 Å². The second kappa shape index (κ2) is 7.03. The number of piperidine rings is 1. The molecule has 128 valence electrons. The van der Waals surface area contributed by atoms with Crippen LogP contribution in [-0.4, -0.2) is 34.0 Å². The molecule has 0 spiro atoms. The summed E-state index contributed by atoms with van der Waals surface area (Å²) in [5.74, 6) is 1.89. The van der Waals surface area contributed by atoms with Crippen LogP contribution in [0.2, 0.25) is 0 Å². The van der Waals surface area contributed by atoms with Crippen LogP contribution >= 0.6 is 0 Å². The first-order valence-electron chi connectivity index (χ1n) is 8.46. The lowest BCUT2D eigenvalue weighted by Crippen LogP contribution is -2.39. The Morgan fingerprint density at radius 2 is 2.25 bits per heavy atom. The summed E-state index contributed by atoms with van der Waals surface area (Å²) in [6, 6.07) is 5.78. The minimum Gasteiger partial charge on any atom is -0.376 e. The Balaban J connectivity index is 1.66. The van der Waals surface area contributed by atoms with Crippen LogP contribution in [0, 0.1) is 19.8 Å². The van der Waals surface area contributed by atoms with E-state index in [1.165, 1.54) is 6.42 Å². The van der Waals surface area contributed by atoms with Crippen LogP contribution < -0.4 is 5.32 Å². The number of rotatable bonds is 4. The summed E-state index contributed by atoms with van der Waals surface area (Å²) in [5, 5.41) is 7.04. The van der Waals surface area contributed by atoms with Crippen molar-refractivity contribution in [2.45, 2.75) is 40.2 Å². The van der Waals surface area contributed by atoms with Crippen LogP contribution in [-0.2, 0) is 6.54 Å². The molecule has 6 heteroatoms. The first-order valence-corrected chi connectivity index (χ1v) is 8.46. The summed E-state index contributed by atoms with van der Waals surface area (Å²) in [5.41, 5.74) is 2.75. The van der Waals surface area contributed by atoms with Crippen molar-refractivity contribution in [2.75, 3.05) is 18.4 Å². The van der Waals surface area contributed by atoms with Crippen molar-refractivity contribution in [3.63, 3.8) is 0 Å². The van der Waals surface area contributed by atoms with Crippen molar-refractivity contribution in [1.29, 1.82) is 0 Å². The standard InChI is InChI=1S/C18H24N4O2/c1-12-5-4-8-22(11-12)18(23)15-6-7-16(13(2)9-15)19-10-17-20-14(3)21-24-17/h6-7,9,12,19H,4-5,8,10-11H2,1-3H3/t12-/m0/s1. The third-order valence-electron chi connectivity index (χ3n) is 4.42. The highest BCUT2D eigenvalue weighted by atomic mass is 16.5. The SMILES string of the molecule is Cc1noc(CNc2ccc(C(=O)N3CCC[C@H](C)C3)cc2C)n1. The second-order valence-electron chi connectivity index (χ2n) is 6.62. The van der Waals surface area contributed by atoms with Gasteiger partial charge in [-0.15, -0.1) is 0 Å². The Hall–Kier alpha value is -2.37. The molecule has 0 unspecified atom stereocenters. The number of carbonyl (C=O) groups is 1. The number of likely N-dealkylation sites (tertiary alicyclic amines) is 1. The second-order valence-corrected chi connectivity index (χ2v) is 6.62. The van der Waals surface area contributed by atoms with Gasteiger partial charge in [0.1, 0.15) is 0 Å². The van der Waals surface area contributed by atoms with Crippen LogP contribution in [0.3, 0.4) is 0 Å². The smallest absolute Gasteiger partial charge is 0.253 e. The maximum atomic E-state index is 12.7. The van der Waals surface area contributed by atoms with Crippen molar-refractivity contribution in [3.8, 4) is 0 Å². The zero-order valence-electron chi connectivity index (χ0n) is 14.5. The number of hydrogen-bond donors (Lipinski definition) is 1. The van der Waals surface area contributed by atoms with Gasteiger partial charge in [0.2, 0.25) is 5.89 Å². The minimum absolute atomic E-state index is 0.128. The highest BCUT2D eigenvalue weighted by molar-refractivity contribution is 5.95. The van der Waals surface area contributed by atoms with E-state index in [-0.39, 0.29) is 5.91 Å². The Labute approximate surface area is 142 Å². The molecule has 24 heavy (non-hydrogen) atoms. The van der Waals surface area contributed by atoms with Crippen LogP contribution in [0.4, 0.5) is 5.69 Å². The Morgan fingerprint density at radius 1 is 1.42 bits per heavy atom. The van der Waals surface area contributed by atoms with E-state index in [1.807, 2.05) is 30.0 Å². The van der Waals surface area contributed by atoms with Gasteiger partial charge in [0.15, 0.2) is 5.82 Å². The van der Waals surface area contributed by atoms with Gasteiger partial charge < -0.3 is 14.7 Å². The maximum absolute atomic E-state index is 12.7. The van der Waals surface area contributed by atoms with Gasteiger partial charge in [-0.2, -0.15) is 4.98 Å². The maximum Gasteiger partial charge on any atom is 0.253 e. The van der Waals surface area contributed by atoms with E-state index in [9.17, 15) is 4.79 Å². The topological polar surface area (TPSA) is 71.3 Å². The van der Waals surface area contributed by atoms with Gasteiger partial charge in [-0.05, 0) is 56.4 Å². The predicted octanol–water partition coefficient (Wildman–Crippen LogP) is 3.17. The monoisotopic (exact) mass is 328 g/mol. The molecule has 3 rings (SSSR count). The Morgan fingerprint density at radius 3 is 2.92 bits per heavy atom. The number of aromatic nitrogens is 2. The Kier molecular flexibility index (Phi) is 4.83. The van der Waals surface area contributed by atoms with E-state index in [1.54, 1.807) is 6.92 Å². The summed E-state index contributed by atoms with van der Waals surface area (Å²) in [4.78, 5) is 18.8. The molecule has 2 aromatic rings. The summed E-state index contributed by atoms with van der Waals surface area (Å²) in [7, 11) is 0. The molecule has 1 saturated heterocycles. The fourth-order valence-electron chi connectivity index (χ4n) is 3.13. The van der Waals surface area contributed by atoms with Gasteiger partial charge in [0.05, 0.1) is 6.54 Å². The normalized spacial score (nSPS) is 17.8. The third-order valence-corrected chi connectivity index (χ3v) is 4.42. The molecule has 0 saturated carbocycles. The average Bonchev–Trinajstić information content (AvgIpc) is 2.98. The molecule has 2 heterocycles. The molecule has 1 N–H and O–H groups in total. The highest BCUT2D eigenvalue weighted by Crippen LogP contribution is 2.21. The predicted molar refractivity (Wildman–Crippen MR) is 91.8 cm³/mol. The molecule has 1 aliphatic heterocycles. The van der Waals surface area contributed by atoms with Gasteiger partial charge in [0, 0.05) is 24.3 Å². The molecule has 1 aliphatic rings. The largest absolute Gasteiger partial charge is 0.376 e. The quantitative estimate of drug-likeness (QED) is 0.933. The van der Waals surface area contributed by atoms with E-state index >= 15 is 0 Å². The molecule has 1 amide bonds. The van der Waals surface area contributed by atoms with Crippen LogP contribution in [0.5, 0.6) is 0 Å². The van der Waals surface area contributed by atoms with E-state index in [4.69, 9.17) is 4.52 Å². The molecule has 1 aromatic heterocycles. The minimum atomic E-state index is 0.128. The number of carbonyl (C=O) groups excluding carboxylic acids is 1. The molecule has 1 aromatic carbocycles. The summed E-state index contributed by atoms with van der Waals surface area (Å²) in [6.45, 7) is 8.18. The van der Waals surface area contributed by atoms with E-state index in [0.717, 1.165) is 36.3 Å². The fraction of sp³-hybridized carbons (Fsp3) is 0.500. The van der Waals surface area contributed by atoms with E-state index in [0.29, 0.717) is 24.2 Å². The number of nitrogens with one attached hydrogen (secondary N) is 1. The fourth-order valence-corrected chi connectivity index (χ4v) is 3.13. The van der Waals surface area contributed by atoms with Crippen LogP contribution in [0.1, 0.15) is 47.4 Å². The summed E-state index contributed by atoms with van der Waals surface area (Å²) < 4.78 is 5.09. The zero-order chi connectivity index (χ0) is 17.1. The van der Waals surface area contributed by atoms with E-state index < -0.39 is 0 Å². The molecule has 0 bridgehead atoms. The molecule has 6 nitrogen and oxygen atoms in total. The van der Waals surface area contributed by atoms with Gasteiger partial charge >= 0.3 is 0 Å². The van der Waals surface area contributed by atoms with Crippen LogP contribution in [0.15, 0.2) is 22.7 Å². The highest BCUT2D eigenvalue weighted by Gasteiger charge is 2.22. The van der Waals surface area contributed by atoms with Gasteiger partial charge in [0.25, 0.3) is 5.91 Å². The van der Waals surface area contributed by atoms with Gasteiger partial charge in [-0.1, -0.05) is 12.1 Å². The molecule has 0 radical (unpaired) electrons. The lowest BCUT2D eigenvalue weighted by atomic mass is 9.99. The number of nitrogens with zero attached hydrogens (tertiary/aromatic N) is 3. The van der Waals surface area contributed by atoms with Crippen molar-refractivity contribution < 1.29 is 9.32 Å². The average molecular weight is 328 g/mol. The van der Waals surface area contributed by atoms with Crippen molar-refractivity contribution in [1.82, 2.24) is 15.0 Å². The van der Waals surface area contributed by atoms with Gasteiger partial charge in [-0.3, -0.25) is 4.79 Å². The zero-order valence-corrected chi connectivity index (χ0v) is 14.5. The van der Waals surface area contributed by atoms with E-state index in [2.05, 4.69) is 22.4 Å². The Bertz CT molecular complexity index is 726. The summed E-state index contributed by atoms with van der Waals surface area (Å²) in [6.07, 6.45) is 2.30. The first-order chi connectivity index (χ1) is 11.5. The molecular formula is C18H24N4O2. The third kappa shape index (κ3) is 3.75. The molecule has 0 aliphatic carbocycles.